The van der Waals surface area contributed by atoms with E-state index >= 15 is 0 Å². The molecule has 1 aliphatic rings. The van der Waals surface area contributed by atoms with E-state index in [9.17, 15) is 4.79 Å². The Morgan fingerprint density at radius 2 is 2.29 bits per heavy atom. The molecule has 6 nitrogen and oxygen atoms in total. The molecule has 2 rings (SSSR count). The molecule has 0 aliphatic heterocycles. The summed E-state index contributed by atoms with van der Waals surface area (Å²) in [4.78, 5) is 15.5. The van der Waals surface area contributed by atoms with Crippen LogP contribution in [0.3, 0.4) is 0 Å². The summed E-state index contributed by atoms with van der Waals surface area (Å²) in [6.45, 7) is 2.07. The van der Waals surface area contributed by atoms with E-state index in [2.05, 4.69) is 15.2 Å². The van der Waals surface area contributed by atoms with Gasteiger partial charge in [-0.3, -0.25) is 5.10 Å². The van der Waals surface area contributed by atoms with E-state index in [1.165, 1.54) is 6.42 Å². The summed E-state index contributed by atoms with van der Waals surface area (Å²) in [7, 11) is 1.71. The van der Waals surface area contributed by atoms with Crippen LogP contribution in [0, 0.1) is 0 Å². The quantitative estimate of drug-likeness (QED) is 0.778. The molecule has 1 saturated carbocycles. The van der Waals surface area contributed by atoms with Crippen molar-refractivity contribution in [2.75, 3.05) is 13.7 Å². The average Bonchev–Trinajstić information content (AvgIpc) is 2.72. The molecule has 1 aromatic heterocycles. The lowest BCUT2D eigenvalue weighted by atomic mass is 9.77. The fraction of sp³-hybridized carbons (Fsp3) is 0.727. The molecule has 1 heterocycles. The van der Waals surface area contributed by atoms with Crippen molar-refractivity contribution in [1.29, 1.82) is 0 Å². The van der Waals surface area contributed by atoms with Gasteiger partial charge in [-0.15, -0.1) is 5.10 Å². The summed E-state index contributed by atoms with van der Waals surface area (Å²) in [6, 6.07) is 0. The number of hydrogen-bond acceptors (Lipinski definition) is 5. The summed E-state index contributed by atoms with van der Waals surface area (Å²) >= 11 is 0. The number of H-pyrrole nitrogens is 1. The maximum atomic E-state index is 11.4. The Bertz CT molecular complexity index is 393. The van der Waals surface area contributed by atoms with Crippen molar-refractivity contribution in [3.05, 3.63) is 11.6 Å². The molecule has 0 amide bonds. The SMILES string of the molecule is CCOC(=O)c1n[nH]c(CC2(OC)CCC2)n1. The van der Waals surface area contributed by atoms with Crippen LogP contribution >= 0.6 is 0 Å². The van der Waals surface area contributed by atoms with Crippen LogP contribution < -0.4 is 0 Å². The monoisotopic (exact) mass is 239 g/mol. The highest BCUT2D eigenvalue weighted by atomic mass is 16.5. The molecule has 1 fully saturated rings. The minimum Gasteiger partial charge on any atom is -0.460 e. The first-order valence-electron chi connectivity index (χ1n) is 5.83. The smallest absolute Gasteiger partial charge is 0.378 e. The Morgan fingerprint density at radius 1 is 1.53 bits per heavy atom. The first-order chi connectivity index (χ1) is 8.19. The van der Waals surface area contributed by atoms with Gasteiger partial charge in [0.1, 0.15) is 5.82 Å². The van der Waals surface area contributed by atoms with Gasteiger partial charge < -0.3 is 9.47 Å². The minimum atomic E-state index is -0.491. The topological polar surface area (TPSA) is 77.1 Å². The van der Waals surface area contributed by atoms with Gasteiger partial charge in [0.05, 0.1) is 12.2 Å². The molecular weight excluding hydrogens is 222 g/mol. The number of ether oxygens (including phenoxy) is 2. The lowest BCUT2D eigenvalue weighted by Crippen LogP contribution is -2.41. The zero-order valence-corrected chi connectivity index (χ0v) is 10.2. The summed E-state index contributed by atoms with van der Waals surface area (Å²) in [6.07, 6.45) is 3.89. The first-order valence-corrected chi connectivity index (χ1v) is 5.83. The van der Waals surface area contributed by atoms with Gasteiger partial charge in [0, 0.05) is 13.5 Å². The predicted octanol–water partition coefficient (Wildman–Crippen LogP) is 1.09. The number of aromatic amines is 1. The van der Waals surface area contributed by atoms with Crippen molar-refractivity contribution in [2.45, 2.75) is 38.2 Å². The normalized spacial score (nSPS) is 17.5. The number of methoxy groups -OCH3 is 1. The molecule has 1 N–H and O–H groups in total. The molecule has 17 heavy (non-hydrogen) atoms. The van der Waals surface area contributed by atoms with Crippen molar-refractivity contribution in [3.8, 4) is 0 Å². The maximum absolute atomic E-state index is 11.4. The number of hydrogen-bond donors (Lipinski definition) is 1. The van der Waals surface area contributed by atoms with E-state index in [0.29, 0.717) is 18.9 Å². The molecule has 0 aromatic carbocycles. The summed E-state index contributed by atoms with van der Waals surface area (Å²) in [5, 5.41) is 6.61. The van der Waals surface area contributed by atoms with Crippen LogP contribution in [0.5, 0.6) is 0 Å². The Kier molecular flexibility index (Phi) is 3.42. The van der Waals surface area contributed by atoms with Gasteiger partial charge in [-0.05, 0) is 26.2 Å². The lowest BCUT2D eigenvalue weighted by Gasteiger charge is -2.39. The standard InChI is InChI=1S/C11H17N3O3/c1-3-17-10(15)9-12-8(13-14-9)7-11(16-2)5-4-6-11/h3-7H2,1-2H3,(H,12,13,14). The molecule has 0 saturated heterocycles. The predicted molar refractivity (Wildman–Crippen MR) is 59.6 cm³/mol. The van der Waals surface area contributed by atoms with Gasteiger partial charge in [-0.25, -0.2) is 9.78 Å². The third kappa shape index (κ3) is 2.46. The first kappa shape index (κ1) is 12.0. The number of carbonyl (C=O) groups is 1. The van der Waals surface area contributed by atoms with Gasteiger partial charge in [0.2, 0.25) is 0 Å². The zero-order chi connectivity index (χ0) is 12.3. The highest BCUT2D eigenvalue weighted by molar-refractivity contribution is 5.84. The van der Waals surface area contributed by atoms with Gasteiger partial charge in [0.15, 0.2) is 0 Å². The molecule has 0 unspecified atom stereocenters. The van der Waals surface area contributed by atoms with E-state index in [0.717, 1.165) is 12.8 Å². The highest BCUT2D eigenvalue weighted by Gasteiger charge is 2.38. The van der Waals surface area contributed by atoms with E-state index < -0.39 is 5.97 Å². The van der Waals surface area contributed by atoms with Gasteiger partial charge >= 0.3 is 5.97 Å². The van der Waals surface area contributed by atoms with E-state index in [1.54, 1.807) is 14.0 Å². The van der Waals surface area contributed by atoms with Gasteiger partial charge in [-0.1, -0.05) is 0 Å². The number of carbonyl (C=O) groups excluding carboxylic acids is 1. The van der Waals surface area contributed by atoms with Crippen LogP contribution in [-0.2, 0) is 15.9 Å². The van der Waals surface area contributed by atoms with Crippen LogP contribution in [-0.4, -0.2) is 40.5 Å². The molecule has 0 spiro atoms. The van der Waals surface area contributed by atoms with E-state index in [4.69, 9.17) is 9.47 Å². The van der Waals surface area contributed by atoms with Crippen LogP contribution in [0.25, 0.3) is 0 Å². The molecule has 6 heteroatoms. The van der Waals surface area contributed by atoms with Crippen LogP contribution in [0.1, 0.15) is 42.6 Å². The highest BCUT2D eigenvalue weighted by Crippen LogP contribution is 2.37. The van der Waals surface area contributed by atoms with Crippen molar-refractivity contribution in [1.82, 2.24) is 15.2 Å². The molecular formula is C11H17N3O3. The van der Waals surface area contributed by atoms with Gasteiger partial charge in [0.25, 0.3) is 5.82 Å². The Morgan fingerprint density at radius 3 is 2.82 bits per heavy atom. The van der Waals surface area contributed by atoms with E-state index in [-0.39, 0.29) is 11.4 Å². The molecule has 0 atom stereocenters. The fourth-order valence-electron chi connectivity index (χ4n) is 1.99. The Labute approximate surface area is 99.7 Å². The third-order valence-electron chi connectivity index (χ3n) is 3.18. The second kappa shape index (κ2) is 4.83. The van der Waals surface area contributed by atoms with Crippen molar-refractivity contribution in [3.63, 3.8) is 0 Å². The van der Waals surface area contributed by atoms with Crippen LogP contribution in [0.15, 0.2) is 0 Å². The van der Waals surface area contributed by atoms with Gasteiger partial charge in [-0.2, -0.15) is 0 Å². The second-order valence-electron chi connectivity index (χ2n) is 4.24. The molecule has 0 radical (unpaired) electrons. The lowest BCUT2D eigenvalue weighted by molar-refractivity contribution is -0.0720. The van der Waals surface area contributed by atoms with Crippen LogP contribution in [0.4, 0.5) is 0 Å². The summed E-state index contributed by atoms with van der Waals surface area (Å²) in [5.41, 5.74) is -0.120. The second-order valence-corrected chi connectivity index (χ2v) is 4.24. The summed E-state index contributed by atoms with van der Waals surface area (Å²) < 4.78 is 10.3. The molecule has 94 valence electrons. The van der Waals surface area contributed by atoms with Crippen LogP contribution in [0.2, 0.25) is 0 Å². The fourth-order valence-corrected chi connectivity index (χ4v) is 1.99. The number of rotatable bonds is 5. The zero-order valence-electron chi connectivity index (χ0n) is 10.2. The number of esters is 1. The minimum absolute atomic E-state index is 0.0902. The van der Waals surface area contributed by atoms with Crippen molar-refractivity contribution < 1.29 is 14.3 Å². The van der Waals surface area contributed by atoms with Crippen molar-refractivity contribution >= 4 is 5.97 Å². The molecule has 0 bridgehead atoms. The Balaban J connectivity index is 2.01. The van der Waals surface area contributed by atoms with Crippen molar-refractivity contribution in [2.24, 2.45) is 0 Å². The Hall–Kier alpha value is -1.43. The molecule has 1 aliphatic carbocycles. The average molecular weight is 239 g/mol. The molecule has 1 aromatic rings. The maximum Gasteiger partial charge on any atom is 0.378 e. The number of nitrogens with one attached hydrogen (secondary N) is 1. The van der Waals surface area contributed by atoms with E-state index in [1.807, 2.05) is 0 Å². The number of aromatic nitrogens is 3. The number of nitrogens with zero attached hydrogens (tertiary/aromatic N) is 2. The third-order valence-corrected chi connectivity index (χ3v) is 3.18. The largest absolute Gasteiger partial charge is 0.460 e. The summed E-state index contributed by atoms with van der Waals surface area (Å²) in [5.74, 6) is 0.275.